The number of nitrogens with zero attached hydrogens (tertiary/aromatic N) is 2. The van der Waals surface area contributed by atoms with Gasteiger partial charge in [-0.2, -0.15) is 0 Å². The van der Waals surface area contributed by atoms with Crippen molar-refractivity contribution in [3.63, 3.8) is 0 Å². The molecular weight excluding hydrogens is 385 g/mol. The Kier molecular flexibility index (Phi) is 3.83. The van der Waals surface area contributed by atoms with Gasteiger partial charge in [-0.15, -0.1) is 0 Å². The highest BCUT2D eigenvalue weighted by Gasteiger charge is 2.47. The number of halogens is 4. The van der Waals surface area contributed by atoms with E-state index in [0.29, 0.717) is 0 Å². The van der Waals surface area contributed by atoms with Crippen LogP contribution in [0.4, 0.5) is 18.9 Å². The summed E-state index contributed by atoms with van der Waals surface area (Å²) in [5.41, 5.74) is 3.91. The number of carbonyl (C=O) groups excluding carboxylic acids is 1. The van der Waals surface area contributed by atoms with Crippen molar-refractivity contribution in [2.75, 3.05) is 5.73 Å². The van der Waals surface area contributed by atoms with Crippen LogP contribution in [0.15, 0.2) is 30.6 Å². The number of nitrogens with one attached hydrogen (secondary N) is 1. The number of imidazole rings is 1. The molecule has 6 nitrogen and oxygen atoms in total. The van der Waals surface area contributed by atoms with Gasteiger partial charge < -0.3 is 20.7 Å². The Bertz CT molecular complexity index is 1100. The molecule has 2 heterocycles. The largest absolute Gasteiger partial charge is 0.398 e. The molecule has 1 aliphatic rings. The first kappa shape index (κ1) is 17.6. The first-order chi connectivity index (χ1) is 12.7. The molecule has 1 amide bonds. The van der Waals surface area contributed by atoms with Crippen LogP contribution in [0.25, 0.3) is 11.0 Å². The Labute approximate surface area is 155 Å². The molecule has 0 fully saturated rings. The molecule has 2 aromatic carbocycles. The number of nitrogen functional groups attached to an aromatic ring is 1. The van der Waals surface area contributed by atoms with Crippen LogP contribution in [-0.2, 0) is 12.3 Å². The molecule has 4 N–H and O–H groups in total. The van der Waals surface area contributed by atoms with Gasteiger partial charge in [-0.25, -0.2) is 18.2 Å². The molecule has 0 radical (unpaired) electrons. The summed E-state index contributed by atoms with van der Waals surface area (Å²) in [6, 6.07) is 4.66. The number of anilines is 1. The maximum Gasteiger partial charge on any atom is 0.256 e. The Hall–Kier alpha value is -2.78. The Balaban J connectivity index is 2.00. The Morgan fingerprint density at radius 3 is 2.81 bits per heavy atom. The lowest BCUT2D eigenvalue weighted by atomic mass is 9.92. The quantitative estimate of drug-likeness (QED) is 0.593. The summed E-state index contributed by atoms with van der Waals surface area (Å²) in [5.74, 6) is -1.40. The second kappa shape index (κ2) is 5.86. The summed E-state index contributed by atoms with van der Waals surface area (Å²) in [6.45, 7) is -0.629. The number of hydrogen-bond donors (Lipinski definition) is 3. The van der Waals surface area contributed by atoms with E-state index in [2.05, 4.69) is 10.3 Å². The number of carbonyl (C=O) groups is 1. The number of alkyl halides is 2. The molecular formula is C17H12ClF3N4O2. The smallest absolute Gasteiger partial charge is 0.256 e. The molecule has 3 aromatic rings. The second-order valence-corrected chi connectivity index (χ2v) is 6.57. The minimum absolute atomic E-state index is 0.00905. The van der Waals surface area contributed by atoms with Crippen molar-refractivity contribution < 1.29 is 23.1 Å². The van der Waals surface area contributed by atoms with Gasteiger partial charge in [0.2, 0.25) is 0 Å². The van der Waals surface area contributed by atoms with E-state index in [0.717, 1.165) is 23.0 Å². The van der Waals surface area contributed by atoms with Crippen LogP contribution in [0, 0.1) is 5.82 Å². The molecule has 0 spiro atoms. The van der Waals surface area contributed by atoms with E-state index < -0.39 is 30.4 Å². The number of aliphatic hydroxyl groups is 1. The number of hydrogen-bond acceptors (Lipinski definition) is 4. The first-order valence-corrected chi connectivity index (χ1v) is 8.16. The monoisotopic (exact) mass is 396 g/mol. The predicted octanol–water partition coefficient (Wildman–Crippen LogP) is 2.61. The number of aromatic nitrogens is 2. The van der Waals surface area contributed by atoms with Crippen molar-refractivity contribution in [2.24, 2.45) is 0 Å². The number of rotatable bonds is 3. The van der Waals surface area contributed by atoms with Crippen molar-refractivity contribution in [1.82, 2.24) is 14.9 Å². The van der Waals surface area contributed by atoms with Crippen molar-refractivity contribution in [3.05, 3.63) is 58.1 Å². The van der Waals surface area contributed by atoms with E-state index in [1.54, 1.807) is 0 Å². The number of benzene rings is 2. The molecule has 140 valence electrons. The van der Waals surface area contributed by atoms with Gasteiger partial charge in [0.1, 0.15) is 11.3 Å². The fourth-order valence-corrected chi connectivity index (χ4v) is 3.64. The van der Waals surface area contributed by atoms with Crippen LogP contribution in [-0.4, -0.2) is 27.0 Å². The molecule has 1 unspecified atom stereocenters. The van der Waals surface area contributed by atoms with Gasteiger partial charge in [0.25, 0.3) is 12.3 Å². The Morgan fingerprint density at radius 2 is 2.11 bits per heavy atom. The van der Waals surface area contributed by atoms with Gasteiger partial charge in [-0.3, -0.25) is 4.79 Å². The third-order valence-electron chi connectivity index (χ3n) is 4.48. The van der Waals surface area contributed by atoms with Crippen LogP contribution < -0.4 is 11.1 Å². The molecule has 0 saturated carbocycles. The highest BCUT2D eigenvalue weighted by molar-refractivity contribution is 6.31. The van der Waals surface area contributed by atoms with Gasteiger partial charge in [0.15, 0.2) is 5.72 Å². The topological polar surface area (TPSA) is 93.2 Å². The number of amides is 1. The zero-order valence-electron chi connectivity index (χ0n) is 13.5. The summed E-state index contributed by atoms with van der Waals surface area (Å²) in [6.07, 6.45) is -1.47. The number of fused-ring (bicyclic) bond motifs is 3. The van der Waals surface area contributed by atoms with Crippen LogP contribution in [0.1, 0.15) is 21.5 Å². The average Bonchev–Trinajstić information content (AvgIpc) is 3.09. The lowest BCUT2D eigenvalue weighted by Gasteiger charge is -2.26. The molecule has 1 aliphatic heterocycles. The van der Waals surface area contributed by atoms with Crippen molar-refractivity contribution in [2.45, 2.75) is 18.7 Å². The fourth-order valence-electron chi connectivity index (χ4n) is 3.39. The zero-order valence-corrected chi connectivity index (χ0v) is 14.3. The molecule has 0 bridgehead atoms. The molecule has 27 heavy (non-hydrogen) atoms. The van der Waals surface area contributed by atoms with Gasteiger partial charge in [-0.05, 0) is 24.3 Å². The summed E-state index contributed by atoms with van der Waals surface area (Å²) >= 11 is 6.09. The lowest BCUT2D eigenvalue weighted by molar-refractivity contribution is 0.0479. The van der Waals surface area contributed by atoms with E-state index in [1.807, 2.05) is 0 Å². The SMILES string of the molecule is Nc1cc2c(ncn2CC(F)F)c2c1C(O)(c1cc(F)ccc1Cl)NC2=O. The second-order valence-electron chi connectivity index (χ2n) is 6.16. The molecule has 0 aliphatic carbocycles. The third kappa shape index (κ3) is 2.54. The highest BCUT2D eigenvalue weighted by Crippen LogP contribution is 2.43. The van der Waals surface area contributed by atoms with Crippen molar-refractivity contribution in [3.8, 4) is 0 Å². The molecule has 4 rings (SSSR count). The molecule has 1 aromatic heterocycles. The standard InChI is InChI=1S/C17H12ClF3N4O2/c18-9-2-1-7(19)3-8(9)17(27)14-10(22)4-11-15(13(14)16(26)24-17)23-6-25(11)5-12(20)21/h1-4,6,12,27H,5,22H2,(H,24,26). The van der Waals surface area contributed by atoms with E-state index in [1.165, 1.54) is 12.1 Å². The van der Waals surface area contributed by atoms with Gasteiger partial charge in [0.05, 0.1) is 24.0 Å². The van der Waals surface area contributed by atoms with Gasteiger partial charge >= 0.3 is 0 Å². The van der Waals surface area contributed by atoms with E-state index in [9.17, 15) is 23.1 Å². The van der Waals surface area contributed by atoms with E-state index in [4.69, 9.17) is 17.3 Å². The van der Waals surface area contributed by atoms with Crippen LogP contribution >= 0.6 is 11.6 Å². The minimum Gasteiger partial charge on any atom is -0.398 e. The van der Waals surface area contributed by atoms with Crippen LogP contribution in [0.5, 0.6) is 0 Å². The van der Waals surface area contributed by atoms with Crippen molar-refractivity contribution >= 4 is 34.2 Å². The van der Waals surface area contributed by atoms with Crippen LogP contribution in [0.2, 0.25) is 5.02 Å². The van der Waals surface area contributed by atoms with Gasteiger partial charge in [0, 0.05) is 21.8 Å². The number of nitrogens with two attached hydrogens (primary N) is 1. The lowest BCUT2D eigenvalue weighted by Crippen LogP contribution is -2.40. The Morgan fingerprint density at radius 1 is 1.37 bits per heavy atom. The molecule has 1 atom stereocenters. The van der Waals surface area contributed by atoms with Crippen molar-refractivity contribution in [1.29, 1.82) is 0 Å². The van der Waals surface area contributed by atoms with Gasteiger partial charge in [-0.1, -0.05) is 11.6 Å². The maximum absolute atomic E-state index is 13.7. The summed E-state index contributed by atoms with van der Waals surface area (Å²) in [5, 5.41) is 13.5. The molecule has 0 saturated heterocycles. The predicted molar refractivity (Wildman–Crippen MR) is 92.0 cm³/mol. The summed E-state index contributed by atoms with van der Waals surface area (Å²) in [7, 11) is 0. The maximum atomic E-state index is 13.7. The summed E-state index contributed by atoms with van der Waals surface area (Å²) in [4.78, 5) is 16.6. The molecule has 10 heteroatoms. The van der Waals surface area contributed by atoms with Crippen LogP contribution in [0.3, 0.4) is 0 Å². The zero-order chi connectivity index (χ0) is 19.5. The highest BCUT2D eigenvalue weighted by atomic mass is 35.5. The fraction of sp³-hybridized carbons (Fsp3) is 0.176. The van der Waals surface area contributed by atoms with E-state index >= 15 is 0 Å². The summed E-state index contributed by atoms with van der Waals surface area (Å²) < 4.78 is 40.4. The van der Waals surface area contributed by atoms with E-state index in [-0.39, 0.29) is 38.4 Å². The normalized spacial score (nSPS) is 19.0. The minimum atomic E-state index is -2.63. The average molecular weight is 397 g/mol. The third-order valence-corrected chi connectivity index (χ3v) is 4.81. The first-order valence-electron chi connectivity index (χ1n) is 7.78.